The first-order valence-corrected chi connectivity index (χ1v) is 4.18. The number of alkyl carbamates (subject to hydrolysis) is 1. The first-order chi connectivity index (χ1) is 6.68. The van der Waals surface area contributed by atoms with Crippen LogP contribution in [0.15, 0.2) is 30.3 Å². The lowest BCUT2D eigenvalue weighted by atomic mass is 10.2. The topological polar surface area (TPSA) is 58.6 Å². The van der Waals surface area contributed by atoms with Crippen molar-refractivity contribution in [2.45, 2.75) is 13.5 Å². The van der Waals surface area contributed by atoms with Crippen LogP contribution in [0.2, 0.25) is 0 Å². The van der Waals surface area contributed by atoms with Gasteiger partial charge in [0.1, 0.15) is 6.61 Å². The normalized spacial score (nSPS) is 9.93. The number of aliphatic hydroxyl groups excluding tert-OH is 1. The average molecular weight is 194 g/mol. The predicted octanol–water partition coefficient (Wildman–Crippen LogP) is 1.79. The highest BCUT2D eigenvalue weighted by atomic mass is 16.6. The van der Waals surface area contributed by atoms with E-state index in [1.807, 2.05) is 30.3 Å². The van der Waals surface area contributed by atoms with Crippen molar-refractivity contribution < 1.29 is 14.6 Å². The summed E-state index contributed by atoms with van der Waals surface area (Å²) in [5, 5.41) is 10.8. The maximum atomic E-state index is 10.9. The van der Waals surface area contributed by atoms with E-state index in [-0.39, 0.29) is 12.8 Å². The van der Waals surface area contributed by atoms with Crippen molar-refractivity contribution in [1.82, 2.24) is 5.32 Å². The SMILES string of the molecule is C[C](O)NC(=O)OCc1ccccc1. The summed E-state index contributed by atoms with van der Waals surface area (Å²) in [6, 6.07) is 9.31. The summed E-state index contributed by atoms with van der Waals surface area (Å²) < 4.78 is 4.81. The van der Waals surface area contributed by atoms with Crippen molar-refractivity contribution in [1.29, 1.82) is 0 Å². The van der Waals surface area contributed by atoms with Crippen molar-refractivity contribution in [3.63, 3.8) is 0 Å². The van der Waals surface area contributed by atoms with Crippen molar-refractivity contribution in [2.24, 2.45) is 0 Å². The van der Waals surface area contributed by atoms with Gasteiger partial charge >= 0.3 is 6.09 Å². The number of carbonyl (C=O) groups excluding carboxylic acids is 1. The van der Waals surface area contributed by atoms with Gasteiger partial charge in [-0.1, -0.05) is 30.3 Å². The third-order valence-corrected chi connectivity index (χ3v) is 1.50. The van der Waals surface area contributed by atoms with E-state index in [2.05, 4.69) is 5.32 Å². The quantitative estimate of drug-likeness (QED) is 0.771. The molecule has 1 rings (SSSR count). The second kappa shape index (κ2) is 5.24. The third-order valence-electron chi connectivity index (χ3n) is 1.50. The number of benzene rings is 1. The predicted molar refractivity (Wildman–Crippen MR) is 50.6 cm³/mol. The largest absolute Gasteiger partial charge is 0.445 e. The summed E-state index contributed by atoms with van der Waals surface area (Å²) >= 11 is 0. The number of hydrogen-bond acceptors (Lipinski definition) is 3. The molecule has 0 aliphatic carbocycles. The molecule has 1 amide bonds. The molecule has 75 valence electrons. The molecular weight excluding hydrogens is 182 g/mol. The van der Waals surface area contributed by atoms with Gasteiger partial charge in [-0.2, -0.15) is 0 Å². The van der Waals surface area contributed by atoms with Crippen molar-refractivity contribution in [3.05, 3.63) is 42.1 Å². The summed E-state index contributed by atoms with van der Waals surface area (Å²) in [7, 11) is 0. The summed E-state index contributed by atoms with van der Waals surface area (Å²) in [5.74, 6) is 0. The summed E-state index contributed by atoms with van der Waals surface area (Å²) in [6.45, 7) is 1.56. The highest BCUT2D eigenvalue weighted by Gasteiger charge is 2.05. The van der Waals surface area contributed by atoms with Crippen LogP contribution in [-0.2, 0) is 11.3 Å². The van der Waals surface area contributed by atoms with Gasteiger partial charge in [0.25, 0.3) is 0 Å². The van der Waals surface area contributed by atoms with Gasteiger partial charge in [0.15, 0.2) is 6.23 Å². The number of ether oxygens (including phenoxy) is 1. The molecule has 4 nitrogen and oxygen atoms in total. The lowest BCUT2D eigenvalue weighted by Crippen LogP contribution is -2.26. The summed E-state index contributed by atoms with van der Waals surface area (Å²) in [4.78, 5) is 10.9. The van der Waals surface area contributed by atoms with Crippen molar-refractivity contribution >= 4 is 6.09 Å². The van der Waals surface area contributed by atoms with Crippen LogP contribution in [0, 0.1) is 6.23 Å². The number of amides is 1. The molecule has 0 spiro atoms. The summed E-state index contributed by atoms with van der Waals surface area (Å²) in [6.07, 6.45) is -0.836. The second-order valence-electron chi connectivity index (χ2n) is 2.77. The van der Waals surface area contributed by atoms with Gasteiger partial charge in [0.2, 0.25) is 0 Å². The molecule has 1 radical (unpaired) electrons. The third kappa shape index (κ3) is 3.91. The Morgan fingerprint density at radius 2 is 2.07 bits per heavy atom. The molecule has 0 saturated heterocycles. The zero-order valence-corrected chi connectivity index (χ0v) is 7.86. The van der Waals surface area contributed by atoms with Gasteiger partial charge in [0.05, 0.1) is 0 Å². The molecule has 0 heterocycles. The number of aliphatic hydroxyl groups is 1. The molecule has 0 saturated carbocycles. The number of nitrogens with one attached hydrogen (secondary N) is 1. The molecule has 0 aliphatic rings. The number of rotatable bonds is 3. The molecule has 2 N–H and O–H groups in total. The first-order valence-electron chi connectivity index (χ1n) is 4.18. The maximum Gasteiger partial charge on any atom is 0.409 e. The Kier molecular flexibility index (Phi) is 3.94. The molecule has 0 atom stereocenters. The van der Waals surface area contributed by atoms with Crippen LogP contribution < -0.4 is 5.32 Å². The molecule has 0 aliphatic heterocycles. The van der Waals surface area contributed by atoms with Gasteiger partial charge in [-0.25, -0.2) is 4.79 Å². The molecule has 1 aromatic carbocycles. The van der Waals surface area contributed by atoms with Crippen LogP contribution >= 0.6 is 0 Å². The van der Waals surface area contributed by atoms with E-state index in [9.17, 15) is 4.79 Å². The zero-order chi connectivity index (χ0) is 10.4. The van der Waals surface area contributed by atoms with E-state index in [0.717, 1.165) is 5.56 Å². The van der Waals surface area contributed by atoms with Crippen molar-refractivity contribution in [2.75, 3.05) is 0 Å². The van der Waals surface area contributed by atoms with Crippen LogP contribution in [0.4, 0.5) is 4.79 Å². The molecular formula is C10H12NO3. The van der Waals surface area contributed by atoms with E-state index in [1.165, 1.54) is 6.92 Å². The number of carbonyl (C=O) groups is 1. The molecule has 0 bridgehead atoms. The van der Waals surface area contributed by atoms with Gasteiger partial charge < -0.3 is 9.84 Å². The van der Waals surface area contributed by atoms with Gasteiger partial charge in [-0.15, -0.1) is 0 Å². The van der Waals surface area contributed by atoms with Crippen LogP contribution in [-0.4, -0.2) is 11.2 Å². The molecule has 0 aromatic heterocycles. The van der Waals surface area contributed by atoms with Crippen LogP contribution in [0.25, 0.3) is 0 Å². The van der Waals surface area contributed by atoms with Crippen LogP contribution in [0.1, 0.15) is 12.5 Å². The Morgan fingerprint density at radius 3 is 2.64 bits per heavy atom. The maximum absolute atomic E-state index is 10.9. The standard InChI is InChI=1S/C10H12NO3/c1-8(12)11-10(13)14-7-9-5-3-2-4-6-9/h2-6,12H,7H2,1H3,(H,11,13). The highest BCUT2D eigenvalue weighted by Crippen LogP contribution is 2.00. The Labute approximate surface area is 82.5 Å². The zero-order valence-electron chi connectivity index (χ0n) is 7.86. The Balaban J connectivity index is 2.31. The van der Waals surface area contributed by atoms with Crippen LogP contribution in [0.5, 0.6) is 0 Å². The lowest BCUT2D eigenvalue weighted by Gasteiger charge is -2.07. The van der Waals surface area contributed by atoms with E-state index >= 15 is 0 Å². The minimum Gasteiger partial charge on any atom is -0.445 e. The lowest BCUT2D eigenvalue weighted by molar-refractivity contribution is 0.129. The first kappa shape index (κ1) is 10.5. The summed E-state index contributed by atoms with van der Waals surface area (Å²) in [5.41, 5.74) is 0.901. The molecule has 0 fully saturated rings. The fraction of sp³-hybridized carbons (Fsp3) is 0.200. The minimum atomic E-state index is -0.658. The fourth-order valence-electron chi connectivity index (χ4n) is 0.907. The van der Waals surface area contributed by atoms with E-state index in [0.29, 0.717) is 0 Å². The Hall–Kier alpha value is -1.55. The van der Waals surface area contributed by atoms with E-state index in [1.54, 1.807) is 0 Å². The fourth-order valence-corrected chi connectivity index (χ4v) is 0.907. The molecule has 14 heavy (non-hydrogen) atoms. The smallest absolute Gasteiger partial charge is 0.409 e. The van der Waals surface area contributed by atoms with Gasteiger partial charge in [0, 0.05) is 0 Å². The van der Waals surface area contributed by atoms with E-state index in [4.69, 9.17) is 9.84 Å². The second-order valence-corrected chi connectivity index (χ2v) is 2.77. The average Bonchev–Trinajstić information content (AvgIpc) is 2.15. The number of hydrogen-bond donors (Lipinski definition) is 2. The van der Waals surface area contributed by atoms with E-state index < -0.39 is 6.09 Å². The highest BCUT2D eigenvalue weighted by molar-refractivity contribution is 5.68. The van der Waals surface area contributed by atoms with Gasteiger partial charge in [-0.05, 0) is 12.5 Å². The van der Waals surface area contributed by atoms with Gasteiger partial charge in [-0.3, -0.25) is 5.32 Å². The molecule has 0 unspecified atom stereocenters. The monoisotopic (exact) mass is 194 g/mol. The van der Waals surface area contributed by atoms with Crippen LogP contribution in [0.3, 0.4) is 0 Å². The van der Waals surface area contributed by atoms with Crippen molar-refractivity contribution in [3.8, 4) is 0 Å². The molecule has 4 heteroatoms. The molecule has 1 aromatic rings. The Bertz CT molecular complexity index is 285. The minimum absolute atomic E-state index is 0.178. The Morgan fingerprint density at radius 1 is 1.43 bits per heavy atom.